The van der Waals surface area contributed by atoms with Crippen molar-refractivity contribution in [1.82, 2.24) is 0 Å². The summed E-state index contributed by atoms with van der Waals surface area (Å²) in [7, 11) is 0.0881. The molecular weight excluding hydrogens is 223 g/mol. The van der Waals surface area contributed by atoms with Crippen LogP contribution < -0.4 is 0 Å². The molecule has 100 valence electrons. The van der Waals surface area contributed by atoms with E-state index in [1.165, 1.54) is 32.1 Å². The average Bonchev–Trinajstić information content (AvgIpc) is 2.93. The molecular formula is C16H31P. The third kappa shape index (κ3) is 4.16. The van der Waals surface area contributed by atoms with Crippen molar-refractivity contribution >= 4 is 12.8 Å². The zero-order chi connectivity index (χ0) is 12.4. The van der Waals surface area contributed by atoms with Gasteiger partial charge >= 0.3 is 0 Å². The van der Waals surface area contributed by atoms with Gasteiger partial charge in [0.05, 0.1) is 0 Å². The number of hydrogen-bond acceptors (Lipinski definition) is 0. The summed E-state index contributed by atoms with van der Waals surface area (Å²) in [5, 5.41) is 1.98. The van der Waals surface area contributed by atoms with Gasteiger partial charge in [-0.2, -0.15) is 0 Å². The predicted molar refractivity (Wildman–Crippen MR) is 82.8 cm³/mol. The molecule has 5 atom stereocenters. The Morgan fingerprint density at radius 3 is 2.47 bits per heavy atom. The summed E-state index contributed by atoms with van der Waals surface area (Å²) in [4.78, 5) is 0. The zero-order valence-electron chi connectivity index (χ0n) is 12.3. The molecule has 2 aliphatic rings. The minimum Gasteiger partial charge on any atom is -0.117 e. The number of hydrogen-bond donors (Lipinski definition) is 0. The summed E-state index contributed by atoms with van der Waals surface area (Å²) in [6, 6.07) is 0. The van der Waals surface area contributed by atoms with Gasteiger partial charge in [0.25, 0.3) is 0 Å². The lowest BCUT2D eigenvalue weighted by molar-refractivity contribution is 0.185. The Balaban J connectivity index is 1.83. The van der Waals surface area contributed by atoms with Crippen LogP contribution in [0.3, 0.4) is 0 Å². The van der Waals surface area contributed by atoms with Crippen LogP contribution in [0.1, 0.15) is 59.3 Å². The fraction of sp³-hybridized carbons (Fsp3) is 0.938. The van der Waals surface area contributed by atoms with Crippen LogP contribution in [-0.2, 0) is 0 Å². The Hall–Kier alpha value is 0.300. The molecule has 0 bridgehead atoms. The molecule has 1 heteroatoms. The van der Waals surface area contributed by atoms with E-state index < -0.39 is 0 Å². The molecule has 0 radical (unpaired) electrons. The van der Waals surface area contributed by atoms with Crippen LogP contribution in [0.5, 0.6) is 0 Å². The largest absolute Gasteiger partial charge is 0.117 e. The normalized spacial score (nSPS) is 39.2. The molecule has 1 saturated carbocycles. The first-order chi connectivity index (χ1) is 8.08. The highest BCUT2D eigenvalue weighted by Gasteiger charge is 2.29. The summed E-state index contributed by atoms with van der Waals surface area (Å²) in [6.07, 6.45) is 10.5. The Kier molecular flexibility index (Phi) is 4.81. The highest BCUT2D eigenvalue weighted by Crippen LogP contribution is 2.44. The average molecular weight is 254 g/mol. The van der Waals surface area contributed by atoms with Crippen molar-refractivity contribution in [1.29, 1.82) is 0 Å². The minimum atomic E-state index is 0.0881. The lowest BCUT2D eigenvalue weighted by Gasteiger charge is -2.34. The van der Waals surface area contributed by atoms with Crippen LogP contribution in [0.25, 0.3) is 0 Å². The Morgan fingerprint density at radius 2 is 1.88 bits per heavy atom. The molecule has 0 N–H and O–H groups in total. The quantitative estimate of drug-likeness (QED) is 0.612. The summed E-state index contributed by atoms with van der Waals surface area (Å²) in [5.74, 6) is 4.05. The molecule has 5 unspecified atom stereocenters. The van der Waals surface area contributed by atoms with Crippen molar-refractivity contribution < 1.29 is 0 Å². The van der Waals surface area contributed by atoms with Gasteiger partial charge in [-0.3, -0.25) is 0 Å². The van der Waals surface area contributed by atoms with Crippen molar-refractivity contribution in [3.63, 3.8) is 0 Å². The third-order valence-electron chi connectivity index (χ3n) is 5.06. The smallest absolute Gasteiger partial charge is 0.0141 e. The van der Waals surface area contributed by atoms with Gasteiger partial charge in [-0.05, 0) is 68.6 Å². The van der Waals surface area contributed by atoms with Gasteiger partial charge in [-0.25, -0.2) is 0 Å². The van der Waals surface area contributed by atoms with Gasteiger partial charge in [-0.1, -0.05) is 32.5 Å². The molecule has 1 heterocycles. The van der Waals surface area contributed by atoms with Crippen LogP contribution in [0.2, 0.25) is 0 Å². The maximum absolute atomic E-state index is 2.50. The molecule has 0 spiro atoms. The van der Waals surface area contributed by atoms with Crippen LogP contribution in [0, 0.1) is 23.7 Å². The standard InChI is InChI=1S/C16H31P/c1-5-12(2)6-14-7-13(3)8-15(9-14)10-16-11-17(16)4/h12-15,17H,5-11H2,1-4H3. The summed E-state index contributed by atoms with van der Waals surface area (Å²) in [6.45, 7) is 9.78. The number of rotatable bonds is 5. The monoisotopic (exact) mass is 254 g/mol. The van der Waals surface area contributed by atoms with Crippen molar-refractivity contribution in [2.24, 2.45) is 23.7 Å². The van der Waals surface area contributed by atoms with E-state index in [1.807, 2.05) is 5.29 Å². The summed E-state index contributed by atoms with van der Waals surface area (Å²) >= 11 is 0. The van der Waals surface area contributed by atoms with E-state index in [2.05, 4.69) is 27.4 Å². The van der Waals surface area contributed by atoms with Gasteiger partial charge in [0.15, 0.2) is 0 Å². The molecule has 0 aromatic rings. The SMILES string of the molecule is CCC(C)CC1CC(C)CC(CC2=[PH](C)C2)C1. The molecule has 0 amide bonds. The molecule has 17 heavy (non-hydrogen) atoms. The van der Waals surface area contributed by atoms with Gasteiger partial charge < -0.3 is 0 Å². The second-order valence-corrected chi connectivity index (χ2v) is 9.68. The zero-order valence-corrected chi connectivity index (χ0v) is 13.3. The third-order valence-corrected chi connectivity index (χ3v) is 7.18. The summed E-state index contributed by atoms with van der Waals surface area (Å²) < 4.78 is 0. The summed E-state index contributed by atoms with van der Waals surface area (Å²) in [5.41, 5.74) is 0. The van der Waals surface area contributed by atoms with Gasteiger partial charge in [0.1, 0.15) is 0 Å². The van der Waals surface area contributed by atoms with Crippen LogP contribution in [-0.4, -0.2) is 18.1 Å². The van der Waals surface area contributed by atoms with E-state index in [1.54, 1.807) is 12.6 Å². The highest BCUT2D eigenvalue weighted by molar-refractivity contribution is 7.69. The highest BCUT2D eigenvalue weighted by atomic mass is 31.1. The van der Waals surface area contributed by atoms with Crippen molar-refractivity contribution in [3.8, 4) is 0 Å². The van der Waals surface area contributed by atoms with Gasteiger partial charge in [-0.15, -0.1) is 7.55 Å². The topological polar surface area (TPSA) is 0 Å². The van der Waals surface area contributed by atoms with E-state index in [-0.39, 0.29) is 7.55 Å². The molecule has 0 saturated heterocycles. The van der Waals surface area contributed by atoms with Crippen LogP contribution in [0.15, 0.2) is 0 Å². The van der Waals surface area contributed by atoms with Crippen LogP contribution in [0.4, 0.5) is 0 Å². The van der Waals surface area contributed by atoms with E-state index in [9.17, 15) is 0 Å². The molecule has 1 aliphatic heterocycles. The van der Waals surface area contributed by atoms with Gasteiger partial charge in [0.2, 0.25) is 0 Å². The van der Waals surface area contributed by atoms with Crippen molar-refractivity contribution in [2.75, 3.05) is 12.8 Å². The predicted octanol–water partition coefficient (Wildman–Crippen LogP) is 4.90. The van der Waals surface area contributed by atoms with E-state index in [0.717, 1.165) is 23.7 Å². The first-order valence-electron chi connectivity index (χ1n) is 7.75. The maximum Gasteiger partial charge on any atom is -0.0141 e. The molecule has 0 aromatic heterocycles. The first-order valence-corrected chi connectivity index (χ1v) is 9.96. The van der Waals surface area contributed by atoms with E-state index >= 15 is 0 Å². The minimum absolute atomic E-state index is 0.0881. The molecule has 0 aromatic carbocycles. The lowest BCUT2D eigenvalue weighted by Crippen LogP contribution is -2.23. The second kappa shape index (κ2) is 5.96. The Labute approximate surface area is 109 Å². The van der Waals surface area contributed by atoms with E-state index in [4.69, 9.17) is 0 Å². The molecule has 1 fully saturated rings. The maximum atomic E-state index is 2.50. The molecule has 0 nitrogen and oxygen atoms in total. The molecule has 1 aliphatic carbocycles. The fourth-order valence-corrected chi connectivity index (χ4v) is 5.73. The van der Waals surface area contributed by atoms with Crippen molar-refractivity contribution in [3.05, 3.63) is 0 Å². The lowest BCUT2D eigenvalue weighted by atomic mass is 9.71. The first kappa shape index (κ1) is 13.7. The Bertz CT molecular complexity index is 292. The van der Waals surface area contributed by atoms with Crippen LogP contribution >= 0.6 is 7.55 Å². The second-order valence-electron chi connectivity index (χ2n) is 7.06. The van der Waals surface area contributed by atoms with Crippen molar-refractivity contribution in [2.45, 2.75) is 59.3 Å². The van der Waals surface area contributed by atoms with Gasteiger partial charge in [0, 0.05) is 0 Å². The molecule has 2 rings (SSSR count). The fourth-order valence-electron chi connectivity index (χ4n) is 3.86. The Morgan fingerprint density at radius 1 is 1.24 bits per heavy atom. The van der Waals surface area contributed by atoms with E-state index in [0.29, 0.717) is 0 Å².